The van der Waals surface area contributed by atoms with E-state index in [1.807, 2.05) is 67.6 Å². The minimum Gasteiger partial charge on any atom is -0.384 e. The highest BCUT2D eigenvalue weighted by atomic mass is 35.5. The van der Waals surface area contributed by atoms with E-state index < -0.39 is 0 Å². The van der Waals surface area contributed by atoms with Gasteiger partial charge in [-0.25, -0.2) is 9.97 Å². The number of nitrogens with two attached hydrogens (primary N) is 1. The quantitative estimate of drug-likeness (QED) is 0.405. The Balaban J connectivity index is 1.76. The fourth-order valence-electron chi connectivity index (χ4n) is 3.68. The van der Waals surface area contributed by atoms with Gasteiger partial charge in [0.05, 0.1) is 16.7 Å². The molecule has 7 heteroatoms. The van der Waals surface area contributed by atoms with E-state index in [1.54, 1.807) is 16.7 Å². The zero-order chi connectivity index (χ0) is 21.5. The highest BCUT2D eigenvalue weighted by molar-refractivity contribution is 6.30. The van der Waals surface area contributed by atoms with Crippen molar-refractivity contribution in [3.8, 4) is 5.69 Å². The van der Waals surface area contributed by atoms with Crippen LogP contribution in [0.15, 0.2) is 72.8 Å². The number of aromatic nitrogens is 3. The lowest BCUT2D eigenvalue weighted by Gasteiger charge is -2.09. The fraction of sp³-hybridized carbons (Fsp3) is 0.0417. The van der Waals surface area contributed by atoms with E-state index in [4.69, 9.17) is 27.3 Å². The van der Waals surface area contributed by atoms with Gasteiger partial charge in [0.25, 0.3) is 5.91 Å². The molecule has 0 unspecified atom stereocenters. The van der Waals surface area contributed by atoms with Gasteiger partial charge >= 0.3 is 0 Å². The first-order valence-corrected chi connectivity index (χ1v) is 10.1. The lowest BCUT2D eigenvalue weighted by atomic mass is 10.2. The highest BCUT2D eigenvalue weighted by Crippen LogP contribution is 2.32. The van der Waals surface area contributed by atoms with E-state index in [-0.39, 0.29) is 17.3 Å². The Morgan fingerprint density at radius 3 is 2.45 bits per heavy atom. The average molecular weight is 428 g/mol. The summed E-state index contributed by atoms with van der Waals surface area (Å²) in [5.74, 6) is -0.101. The lowest BCUT2D eigenvalue weighted by Crippen LogP contribution is -2.14. The summed E-state index contributed by atoms with van der Waals surface area (Å²) in [5, 5.41) is 3.48. The molecule has 3 N–H and O–H groups in total. The zero-order valence-electron chi connectivity index (χ0n) is 16.6. The third-order valence-electron chi connectivity index (χ3n) is 5.07. The molecule has 0 saturated carbocycles. The molecule has 0 aliphatic heterocycles. The molecule has 152 valence electrons. The third-order valence-corrected chi connectivity index (χ3v) is 5.30. The number of para-hydroxylation sites is 2. The fourth-order valence-corrected chi connectivity index (χ4v) is 3.86. The Labute approximate surface area is 183 Å². The van der Waals surface area contributed by atoms with Crippen molar-refractivity contribution in [1.82, 2.24) is 14.5 Å². The lowest BCUT2D eigenvalue weighted by molar-refractivity contribution is 0.102. The van der Waals surface area contributed by atoms with E-state index in [9.17, 15) is 4.79 Å². The second-order valence-corrected chi connectivity index (χ2v) is 7.72. The molecule has 3 aromatic carbocycles. The van der Waals surface area contributed by atoms with Crippen molar-refractivity contribution in [1.29, 1.82) is 0 Å². The molecule has 2 aromatic heterocycles. The molecule has 0 atom stereocenters. The van der Waals surface area contributed by atoms with Gasteiger partial charge in [-0.3, -0.25) is 9.36 Å². The van der Waals surface area contributed by atoms with Gasteiger partial charge in [-0.2, -0.15) is 0 Å². The number of nitrogens with one attached hydrogen (secondary N) is 1. The van der Waals surface area contributed by atoms with Gasteiger partial charge in [0.1, 0.15) is 16.9 Å². The minimum atomic E-state index is -0.349. The van der Waals surface area contributed by atoms with Crippen LogP contribution in [0.4, 0.5) is 11.5 Å². The molecule has 1 amide bonds. The number of nitrogen functional groups attached to an aromatic ring is 1. The van der Waals surface area contributed by atoms with E-state index in [0.29, 0.717) is 38.6 Å². The summed E-state index contributed by atoms with van der Waals surface area (Å²) in [6.45, 7) is 1.96. The molecule has 31 heavy (non-hydrogen) atoms. The summed E-state index contributed by atoms with van der Waals surface area (Å²) in [6, 6.07) is 22.3. The second-order valence-electron chi connectivity index (χ2n) is 7.28. The SMILES string of the molecule is Cc1cccc(NC(=O)c2c(N)n(-c3cccc(Cl)c3)c3nc4ccccc4nc23)c1. The molecule has 0 aliphatic carbocycles. The van der Waals surface area contributed by atoms with Gasteiger partial charge in [-0.1, -0.05) is 41.9 Å². The molecule has 0 fully saturated rings. The van der Waals surface area contributed by atoms with Gasteiger partial charge in [0.15, 0.2) is 5.65 Å². The van der Waals surface area contributed by atoms with Gasteiger partial charge in [-0.05, 0) is 55.0 Å². The van der Waals surface area contributed by atoms with Gasteiger partial charge in [0, 0.05) is 10.7 Å². The topological polar surface area (TPSA) is 85.8 Å². The number of aryl methyl sites for hydroxylation is 1. The van der Waals surface area contributed by atoms with Crippen molar-refractivity contribution in [3.05, 3.63) is 88.9 Å². The Morgan fingerprint density at radius 1 is 0.968 bits per heavy atom. The number of carbonyl (C=O) groups excluding carboxylic acids is 1. The molecule has 0 bridgehead atoms. The smallest absolute Gasteiger partial charge is 0.261 e. The molecule has 0 saturated heterocycles. The molecule has 0 radical (unpaired) electrons. The number of hydrogen-bond donors (Lipinski definition) is 2. The van der Waals surface area contributed by atoms with Crippen LogP contribution in [0.3, 0.4) is 0 Å². The monoisotopic (exact) mass is 427 g/mol. The zero-order valence-corrected chi connectivity index (χ0v) is 17.4. The molecule has 6 nitrogen and oxygen atoms in total. The first-order valence-electron chi connectivity index (χ1n) is 9.72. The predicted molar refractivity (Wildman–Crippen MR) is 125 cm³/mol. The third kappa shape index (κ3) is 3.37. The van der Waals surface area contributed by atoms with Crippen LogP contribution >= 0.6 is 11.6 Å². The van der Waals surface area contributed by atoms with Crippen LogP contribution in [-0.4, -0.2) is 20.4 Å². The standard InChI is InChI=1S/C24H18ClN5O/c1-14-6-4-8-16(12-14)27-24(31)20-21-23(29-19-11-3-2-10-18(19)28-21)30(22(20)26)17-9-5-7-15(25)13-17/h2-13H,26H2,1H3,(H,27,31). The summed E-state index contributed by atoms with van der Waals surface area (Å²) in [5.41, 5.74) is 11.5. The molecule has 0 spiro atoms. The number of benzene rings is 3. The van der Waals surface area contributed by atoms with Crippen LogP contribution in [0.5, 0.6) is 0 Å². The first kappa shape index (κ1) is 19.1. The van der Waals surface area contributed by atoms with Gasteiger partial charge < -0.3 is 11.1 Å². The number of carbonyl (C=O) groups is 1. The van der Waals surface area contributed by atoms with Crippen LogP contribution in [0.25, 0.3) is 27.9 Å². The average Bonchev–Trinajstić information content (AvgIpc) is 3.02. The maximum absolute atomic E-state index is 13.3. The van der Waals surface area contributed by atoms with Crippen molar-refractivity contribution < 1.29 is 4.79 Å². The Morgan fingerprint density at radius 2 is 1.71 bits per heavy atom. The maximum atomic E-state index is 13.3. The molecule has 5 aromatic rings. The number of halogens is 1. The molecular formula is C24H18ClN5O. The highest BCUT2D eigenvalue weighted by Gasteiger charge is 2.25. The second kappa shape index (κ2) is 7.41. The van der Waals surface area contributed by atoms with E-state index in [0.717, 1.165) is 5.56 Å². The molecule has 2 heterocycles. The molecule has 5 rings (SSSR count). The summed E-state index contributed by atoms with van der Waals surface area (Å²) in [7, 11) is 0. The normalized spacial score (nSPS) is 11.2. The van der Waals surface area contributed by atoms with Crippen molar-refractivity contribution >= 4 is 51.2 Å². The number of fused-ring (bicyclic) bond motifs is 2. The van der Waals surface area contributed by atoms with E-state index >= 15 is 0 Å². The molecule has 0 aliphatic rings. The van der Waals surface area contributed by atoms with Crippen LogP contribution in [0, 0.1) is 6.92 Å². The largest absolute Gasteiger partial charge is 0.384 e. The van der Waals surface area contributed by atoms with E-state index in [2.05, 4.69) is 5.32 Å². The number of hydrogen-bond acceptors (Lipinski definition) is 4. The summed E-state index contributed by atoms with van der Waals surface area (Å²) < 4.78 is 1.71. The first-order chi connectivity index (χ1) is 15.0. The number of anilines is 2. The Bertz CT molecular complexity index is 1470. The van der Waals surface area contributed by atoms with Crippen LogP contribution in [0.1, 0.15) is 15.9 Å². The predicted octanol–water partition coefficient (Wildman–Crippen LogP) is 5.37. The van der Waals surface area contributed by atoms with Crippen molar-refractivity contribution in [2.24, 2.45) is 0 Å². The van der Waals surface area contributed by atoms with Crippen molar-refractivity contribution in [2.45, 2.75) is 6.92 Å². The van der Waals surface area contributed by atoms with Crippen LogP contribution in [-0.2, 0) is 0 Å². The van der Waals surface area contributed by atoms with Crippen molar-refractivity contribution in [3.63, 3.8) is 0 Å². The maximum Gasteiger partial charge on any atom is 0.261 e. The van der Waals surface area contributed by atoms with Gasteiger partial charge in [-0.15, -0.1) is 0 Å². The van der Waals surface area contributed by atoms with E-state index in [1.165, 1.54) is 0 Å². The molecular weight excluding hydrogens is 410 g/mol. The van der Waals surface area contributed by atoms with Crippen LogP contribution < -0.4 is 11.1 Å². The summed E-state index contributed by atoms with van der Waals surface area (Å²) in [6.07, 6.45) is 0. The number of nitrogens with zero attached hydrogens (tertiary/aromatic N) is 3. The summed E-state index contributed by atoms with van der Waals surface area (Å²) in [4.78, 5) is 22.8. The van der Waals surface area contributed by atoms with Gasteiger partial charge in [0.2, 0.25) is 0 Å². The van der Waals surface area contributed by atoms with Crippen molar-refractivity contribution in [2.75, 3.05) is 11.1 Å². The number of rotatable bonds is 3. The number of amides is 1. The van der Waals surface area contributed by atoms with Crippen LogP contribution in [0.2, 0.25) is 5.02 Å². The summed E-state index contributed by atoms with van der Waals surface area (Å²) >= 11 is 6.22. The minimum absolute atomic E-state index is 0.248. The Hall–Kier alpha value is -3.90. The Kier molecular flexibility index (Phi) is 4.56.